The van der Waals surface area contributed by atoms with E-state index in [1.54, 1.807) is 0 Å². The molecule has 1 atom stereocenters. The lowest BCUT2D eigenvalue weighted by molar-refractivity contribution is -0.121. The molecule has 0 aromatic heterocycles. The van der Waals surface area contributed by atoms with Crippen molar-refractivity contribution in [2.24, 2.45) is 0 Å². The number of fused-ring (bicyclic) bond motifs is 1. The Morgan fingerprint density at radius 2 is 2.00 bits per heavy atom. The van der Waals surface area contributed by atoms with E-state index in [0.717, 1.165) is 49.2 Å². The fourth-order valence-corrected chi connectivity index (χ4v) is 3.73. The maximum absolute atomic E-state index is 12.5. The van der Waals surface area contributed by atoms with Gasteiger partial charge in [0.25, 0.3) is 0 Å². The van der Waals surface area contributed by atoms with E-state index in [9.17, 15) is 4.79 Å². The predicted molar refractivity (Wildman–Crippen MR) is 92.0 cm³/mol. The first-order valence-electron chi connectivity index (χ1n) is 6.87. The number of hydrogen-bond acceptors (Lipinski definition) is 3. The van der Waals surface area contributed by atoms with E-state index in [1.807, 2.05) is 12.1 Å². The molecule has 1 N–H and O–H groups in total. The number of anilines is 1. The molecule has 1 aromatic carbocycles. The van der Waals surface area contributed by atoms with Gasteiger partial charge in [-0.15, -0.1) is 0 Å². The van der Waals surface area contributed by atoms with Crippen LogP contribution in [0.5, 0.6) is 0 Å². The zero-order valence-electron chi connectivity index (χ0n) is 11.1. The summed E-state index contributed by atoms with van der Waals surface area (Å²) in [6.45, 7) is 4.01. The second-order valence-corrected chi connectivity index (χ2v) is 7.57. The number of carbonyl (C=O) groups is 1. The molecule has 1 unspecified atom stereocenters. The Kier molecular flexibility index (Phi) is 4.64. The summed E-state index contributed by atoms with van der Waals surface area (Å²) in [6.07, 6.45) is 1.85. The third kappa shape index (κ3) is 3.18. The summed E-state index contributed by atoms with van der Waals surface area (Å²) >= 11 is 5.86. The van der Waals surface area contributed by atoms with Crippen molar-refractivity contribution in [3.8, 4) is 0 Å². The van der Waals surface area contributed by atoms with Gasteiger partial charge in [-0.1, -0.05) is 15.9 Å². The molecule has 20 heavy (non-hydrogen) atoms. The van der Waals surface area contributed by atoms with Gasteiger partial charge < -0.3 is 5.32 Å². The molecule has 1 amide bonds. The first-order valence-corrected chi connectivity index (χ1v) is 8.63. The Hall–Kier alpha value is -0.180. The maximum atomic E-state index is 12.5. The number of aryl methyl sites for hydroxylation is 1. The molecule has 2 heterocycles. The van der Waals surface area contributed by atoms with E-state index in [2.05, 4.69) is 58.2 Å². The fourth-order valence-electron chi connectivity index (χ4n) is 2.89. The van der Waals surface area contributed by atoms with E-state index in [-0.39, 0.29) is 11.9 Å². The second kappa shape index (κ2) is 6.29. The predicted octanol–water partition coefficient (Wildman–Crippen LogP) is 2.67. The van der Waals surface area contributed by atoms with Crippen molar-refractivity contribution < 1.29 is 4.79 Å². The lowest BCUT2D eigenvalue weighted by atomic mass is 10.0. The van der Waals surface area contributed by atoms with Gasteiger partial charge >= 0.3 is 0 Å². The summed E-state index contributed by atoms with van der Waals surface area (Å²) < 4.78 is 3.36. The van der Waals surface area contributed by atoms with Gasteiger partial charge in [-0.05, 0) is 36.6 Å². The SMILES string of the molecule is O=C1Nc2ccc(Br)cc2CCC1N1CCN(I)CC1. The van der Waals surface area contributed by atoms with E-state index in [0.29, 0.717) is 0 Å². The molecule has 0 spiro atoms. The van der Waals surface area contributed by atoms with Crippen molar-refractivity contribution in [1.29, 1.82) is 0 Å². The lowest BCUT2D eigenvalue weighted by Gasteiger charge is -2.35. The third-order valence-corrected chi connectivity index (χ3v) is 5.47. The molecule has 108 valence electrons. The molecule has 1 aromatic rings. The minimum atomic E-state index is 0.00581. The van der Waals surface area contributed by atoms with Crippen LogP contribution in [0.25, 0.3) is 0 Å². The Balaban J connectivity index is 1.75. The summed E-state index contributed by atoms with van der Waals surface area (Å²) in [5.74, 6) is 0.146. The average Bonchev–Trinajstić information content (AvgIpc) is 2.58. The minimum absolute atomic E-state index is 0.00581. The lowest BCUT2D eigenvalue weighted by Crippen LogP contribution is -2.51. The molecule has 2 aliphatic rings. The molecule has 1 saturated heterocycles. The minimum Gasteiger partial charge on any atom is -0.324 e. The molecule has 4 nitrogen and oxygen atoms in total. The van der Waals surface area contributed by atoms with Crippen LogP contribution < -0.4 is 5.32 Å². The molecule has 0 aliphatic carbocycles. The monoisotopic (exact) mass is 449 g/mol. The normalized spacial score (nSPS) is 24.9. The summed E-state index contributed by atoms with van der Waals surface area (Å²) in [4.78, 5) is 14.8. The number of amides is 1. The molecule has 0 saturated carbocycles. The Bertz CT molecular complexity index is 517. The van der Waals surface area contributed by atoms with Crippen LogP contribution in [0.4, 0.5) is 5.69 Å². The Morgan fingerprint density at radius 3 is 2.75 bits per heavy atom. The van der Waals surface area contributed by atoms with Crippen LogP contribution in [0.3, 0.4) is 0 Å². The Labute approximate surface area is 141 Å². The molecule has 2 aliphatic heterocycles. The fraction of sp³-hybridized carbons (Fsp3) is 0.500. The van der Waals surface area contributed by atoms with Gasteiger partial charge in [-0.3, -0.25) is 9.69 Å². The highest BCUT2D eigenvalue weighted by atomic mass is 127. The van der Waals surface area contributed by atoms with Crippen LogP contribution in [-0.4, -0.2) is 46.1 Å². The highest BCUT2D eigenvalue weighted by molar-refractivity contribution is 14.1. The standard InChI is InChI=1S/C14H17BrIN3O/c15-11-2-3-12-10(9-11)1-4-13(14(20)17-12)18-5-7-19(16)8-6-18/h2-3,9,13H,1,4-8H2,(H,17,20). The van der Waals surface area contributed by atoms with Crippen LogP contribution in [0.15, 0.2) is 22.7 Å². The number of carbonyl (C=O) groups excluding carboxylic acids is 1. The largest absolute Gasteiger partial charge is 0.324 e. The van der Waals surface area contributed by atoms with Gasteiger partial charge in [-0.25, -0.2) is 3.11 Å². The summed E-state index contributed by atoms with van der Waals surface area (Å²) in [5.41, 5.74) is 2.19. The zero-order chi connectivity index (χ0) is 14.1. The van der Waals surface area contributed by atoms with Gasteiger partial charge in [0.05, 0.1) is 6.04 Å². The van der Waals surface area contributed by atoms with Gasteiger partial charge in [-0.2, -0.15) is 0 Å². The summed E-state index contributed by atoms with van der Waals surface area (Å²) in [7, 11) is 0. The maximum Gasteiger partial charge on any atom is 0.241 e. The number of halogens is 2. The van der Waals surface area contributed by atoms with E-state index < -0.39 is 0 Å². The average molecular weight is 450 g/mol. The van der Waals surface area contributed by atoms with Crippen molar-refractivity contribution in [3.05, 3.63) is 28.2 Å². The summed E-state index contributed by atoms with van der Waals surface area (Å²) in [5, 5.41) is 3.09. The highest BCUT2D eigenvalue weighted by Gasteiger charge is 2.30. The van der Waals surface area contributed by atoms with Crippen LogP contribution in [0, 0.1) is 0 Å². The first kappa shape index (κ1) is 14.7. The van der Waals surface area contributed by atoms with Crippen molar-refractivity contribution in [2.45, 2.75) is 18.9 Å². The number of nitrogens with zero attached hydrogens (tertiary/aromatic N) is 2. The van der Waals surface area contributed by atoms with E-state index >= 15 is 0 Å². The van der Waals surface area contributed by atoms with Crippen molar-refractivity contribution in [3.63, 3.8) is 0 Å². The Morgan fingerprint density at radius 1 is 1.25 bits per heavy atom. The second-order valence-electron chi connectivity index (χ2n) is 5.29. The number of rotatable bonds is 1. The van der Waals surface area contributed by atoms with Gasteiger partial charge in [0.2, 0.25) is 5.91 Å². The number of hydrogen-bond donors (Lipinski definition) is 1. The molecule has 6 heteroatoms. The molecule has 1 fully saturated rings. The molecular formula is C14H17BrIN3O. The molecule has 0 radical (unpaired) electrons. The van der Waals surface area contributed by atoms with Gasteiger partial charge in [0.1, 0.15) is 0 Å². The quantitative estimate of drug-likeness (QED) is 0.528. The van der Waals surface area contributed by atoms with Gasteiger partial charge in [0.15, 0.2) is 0 Å². The topological polar surface area (TPSA) is 35.6 Å². The van der Waals surface area contributed by atoms with E-state index in [4.69, 9.17) is 0 Å². The van der Waals surface area contributed by atoms with Crippen molar-refractivity contribution >= 4 is 50.4 Å². The molecule has 0 bridgehead atoms. The molecule has 3 rings (SSSR count). The van der Waals surface area contributed by atoms with Crippen LogP contribution in [0.2, 0.25) is 0 Å². The van der Waals surface area contributed by atoms with Crippen molar-refractivity contribution in [1.82, 2.24) is 8.01 Å². The first-order chi connectivity index (χ1) is 9.63. The van der Waals surface area contributed by atoms with E-state index in [1.165, 1.54) is 5.56 Å². The number of piperazine rings is 1. The molecular weight excluding hydrogens is 433 g/mol. The van der Waals surface area contributed by atoms with Crippen LogP contribution >= 0.6 is 38.8 Å². The number of benzene rings is 1. The highest BCUT2D eigenvalue weighted by Crippen LogP contribution is 2.27. The van der Waals surface area contributed by atoms with Crippen LogP contribution in [0.1, 0.15) is 12.0 Å². The summed E-state index contributed by atoms with van der Waals surface area (Å²) in [6, 6.07) is 6.09. The zero-order valence-corrected chi connectivity index (χ0v) is 14.9. The van der Waals surface area contributed by atoms with Gasteiger partial charge in [0, 0.05) is 59.2 Å². The third-order valence-electron chi connectivity index (χ3n) is 4.02. The van der Waals surface area contributed by atoms with Crippen molar-refractivity contribution in [2.75, 3.05) is 31.5 Å². The number of nitrogens with one attached hydrogen (secondary N) is 1. The van der Waals surface area contributed by atoms with Crippen LogP contribution in [-0.2, 0) is 11.2 Å². The smallest absolute Gasteiger partial charge is 0.241 e.